The van der Waals surface area contributed by atoms with Gasteiger partial charge in [0.1, 0.15) is 0 Å². The number of aromatic nitrogens is 2. The molecule has 41 heavy (non-hydrogen) atoms. The van der Waals surface area contributed by atoms with Gasteiger partial charge in [-0.1, -0.05) is 24.3 Å². The fraction of sp³-hybridized carbons (Fsp3) is 0.286. The molecular weight excluding hydrogens is 561 g/mol. The van der Waals surface area contributed by atoms with E-state index in [4.69, 9.17) is 0 Å². The van der Waals surface area contributed by atoms with E-state index in [2.05, 4.69) is 15.0 Å². The number of benzene rings is 3. The molecule has 0 bridgehead atoms. The second kappa shape index (κ2) is 10.6. The average molecular weight is 589 g/mol. The lowest BCUT2D eigenvalue weighted by Crippen LogP contribution is -2.45. The number of amides is 1. The van der Waals surface area contributed by atoms with Crippen molar-refractivity contribution in [2.75, 3.05) is 5.32 Å². The van der Waals surface area contributed by atoms with Crippen LogP contribution in [0.2, 0.25) is 0 Å². The van der Waals surface area contributed by atoms with Crippen molar-refractivity contribution in [3.8, 4) is 0 Å². The van der Waals surface area contributed by atoms with Gasteiger partial charge >= 0.3 is 6.18 Å². The second-order valence-corrected chi connectivity index (χ2v) is 11.5. The Morgan fingerprint density at radius 3 is 2.27 bits per heavy atom. The predicted molar refractivity (Wildman–Crippen MR) is 145 cm³/mol. The highest BCUT2D eigenvalue weighted by Crippen LogP contribution is 2.44. The summed E-state index contributed by atoms with van der Waals surface area (Å²) in [6.45, 7) is 1.23. The molecule has 1 saturated carbocycles. The highest BCUT2D eigenvalue weighted by Gasteiger charge is 2.59. The van der Waals surface area contributed by atoms with E-state index in [1.807, 2.05) is 0 Å². The zero-order chi connectivity index (χ0) is 29.6. The van der Waals surface area contributed by atoms with E-state index >= 15 is 0 Å². The lowest BCUT2D eigenvalue weighted by molar-refractivity contribution is -0.252. The Morgan fingerprint density at radius 2 is 1.71 bits per heavy atom. The van der Waals surface area contributed by atoms with E-state index in [1.165, 1.54) is 59.2 Å². The molecule has 1 heterocycles. The van der Waals surface area contributed by atoms with Gasteiger partial charge in [0.05, 0.1) is 22.5 Å². The first-order valence-electron chi connectivity index (χ1n) is 12.8. The zero-order valence-corrected chi connectivity index (χ0v) is 22.6. The van der Waals surface area contributed by atoms with Crippen molar-refractivity contribution in [1.29, 1.82) is 0 Å². The molecule has 9 nitrogen and oxygen atoms in total. The summed E-state index contributed by atoms with van der Waals surface area (Å²) in [6.07, 6.45) is -3.55. The summed E-state index contributed by atoms with van der Waals surface area (Å²) in [4.78, 5) is 17.2. The van der Waals surface area contributed by atoms with Crippen LogP contribution in [0, 0.1) is 0 Å². The first-order chi connectivity index (χ1) is 19.4. The van der Waals surface area contributed by atoms with Crippen LogP contribution in [0.25, 0.3) is 11.0 Å². The summed E-state index contributed by atoms with van der Waals surface area (Å²) in [5, 5.41) is 23.1. The van der Waals surface area contributed by atoms with Gasteiger partial charge in [0.2, 0.25) is 15.6 Å². The Bertz CT molecular complexity index is 1700. The molecule has 1 amide bonds. The minimum absolute atomic E-state index is 0.00878. The normalized spacial score (nSPS) is 15.6. The number of nitrogens with zero attached hydrogens (tertiary/aromatic N) is 2. The molecule has 216 valence electrons. The third-order valence-corrected chi connectivity index (χ3v) is 8.47. The molecule has 0 saturated heterocycles. The summed E-state index contributed by atoms with van der Waals surface area (Å²) >= 11 is 0. The van der Waals surface area contributed by atoms with Gasteiger partial charge in [-0.2, -0.15) is 13.2 Å². The van der Waals surface area contributed by atoms with E-state index in [9.17, 15) is 36.6 Å². The first kappa shape index (κ1) is 28.7. The fourth-order valence-electron chi connectivity index (χ4n) is 4.54. The van der Waals surface area contributed by atoms with Crippen LogP contribution in [0.1, 0.15) is 47.1 Å². The SMILES string of the molecule is CCn1c(C(O)(c2ccc(CO)cc2)C(F)(F)F)nc2ccc(C(=O)Nc3ccc(S(=O)(=O)NC4CC4)cc3)cc21. The van der Waals surface area contributed by atoms with Crippen LogP contribution in [0.3, 0.4) is 0 Å². The number of halogens is 3. The number of aryl methyl sites for hydroxylation is 1. The number of rotatable bonds is 9. The van der Waals surface area contributed by atoms with Crippen LogP contribution in [0.4, 0.5) is 18.9 Å². The lowest BCUT2D eigenvalue weighted by Gasteiger charge is -2.31. The van der Waals surface area contributed by atoms with Crippen LogP contribution in [0.15, 0.2) is 71.6 Å². The molecule has 4 N–H and O–H groups in total. The van der Waals surface area contributed by atoms with Gasteiger partial charge in [0.15, 0.2) is 5.82 Å². The predicted octanol–water partition coefficient (Wildman–Crippen LogP) is 4.04. The van der Waals surface area contributed by atoms with Crippen LogP contribution >= 0.6 is 0 Å². The van der Waals surface area contributed by atoms with Crippen molar-refractivity contribution in [3.05, 3.63) is 89.2 Å². The molecule has 1 fully saturated rings. The van der Waals surface area contributed by atoms with Gasteiger partial charge in [-0.3, -0.25) is 4.79 Å². The zero-order valence-electron chi connectivity index (χ0n) is 21.8. The number of aliphatic hydroxyl groups is 2. The third-order valence-electron chi connectivity index (χ3n) is 6.94. The number of hydrogen-bond donors (Lipinski definition) is 4. The van der Waals surface area contributed by atoms with Gasteiger partial charge in [-0.25, -0.2) is 18.1 Å². The maximum atomic E-state index is 14.5. The van der Waals surface area contributed by atoms with Crippen molar-refractivity contribution in [2.45, 2.75) is 55.6 Å². The van der Waals surface area contributed by atoms with Crippen LogP contribution in [0.5, 0.6) is 0 Å². The number of hydrogen-bond acceptors (Lipinski definition) is 6. The number of aliphatic hydroxyl groups excluding tert-OH is 1. The highest BCUT2D eigenvalue weighted by molar-refractivity contribution is 7.89. The molecule has 1 unspecified atom stereocenters. The molecule has 1 aliphatic rings. The average Bonchev–Trinajstić information content (AvgIpc) is 3.67. The quantitative estimate of drug-likeness (QED) is 0.233. The number of nitrogens with one attached hydrogen (secondary N) is 2. The van der Waals surface area contributed by atoms with Crippen molar-refractivity contribution in [3.63, 3.8) is 0 Å². The maximum absolute atomic E-state index is 14.5. The maximum Gasteiger partial charge on any atom is 0.428 e. The molecule has 5 rings (SSSR count). The van der Waals surface area contributed by atoms with Crippen LogP contribution in [-0.4, -0.2) is 46.3 Å². The minimum Gasteiger partial charge on any atom is -0.392 e. The van der Waals surface area contributed by atoms with Crippen molar-refractivity contribution in [2.24, 2.45) is 0 Å². The Labute approximate surface area is 233 Å². The Morgan fingerprint density at radius 1 is 1.05 bits per heavy atom. The van der Waals surface area contributed by atoms with E-state index in [-0.39, 0.29) is 40.7 Å². The molecule has 1 aliphatic carbocycles. The molecule has 13 heteroatoms. The molecule has 4 aromatic rings. The summed E-state index contributed by atoms with van der Waals surface area (Å²) in [5.41, 5.74) is -2.76. The first-order valence-corrected chi connectivity index (χ1v) is 14.3. The summed E-state index contributed by atoms with van der Waals surface area (Å²) in [7, 11) is -3.65. The smallest absolute Gasteiger partial charge is 0.392 e. The third kappa shape index (κ3) is 5.45. The number of imidazole rings is 1. The Hall–Kier alpha value is -3.78. The van der Waals surface area contributed by atoms with Crippen molar-refractivity contribution < 1.29 is 36.6 Å². The molecule has 0 radical (unpaired) electrons. The number of carbonyl (C=O) groups is 1. The van der Waals surface area contributed by atoms with Gasteiger partial charge in [-0.05, 0) is 67.8 Å². The van der Waals surface area contributed by atoms with Crippen LogP contribution < -0.4 is 10.0 Å². The Balaban J connectivity index is 1.46. The van der Waals surface area contributed by atoms with E-state index in [0.717, 1.165) is 25.0 Å². The van der Waals surface area contributed by atoms with E-state index < -0.39 is 39.1 Å². The van der Waals surface area contributed by atoms with Crippen LogP contribution in [-0.2, 0) is 28.8 Å². The number of anilines is 1. The fourth-order valence-corrected chi connectivity index (χ4v) is 5.85. The second-order valence-electron chi connectivity index (χ2n) is 9.82. The molecular formula is C28H27F3N4O5S. The molecule has 1 atom stereocenters. The largest absolute Gasteiger partial charge is 0.428 e. The Kier molecular flexibility index (Phi) is 7.40. The van der Waals surface area contributed by atoms with Gasteiger partial charge in [0.25, 0.3) is 5.91 Å². The number of alkyl halides is 3. The highest BCUT2D eigenvalue weighted by atomic mass is 32.2. The lowest BCUT2D eigenvalue weighted by atomic mass is 9.91. The standard InChI is InChI=1S/C28H27F3N4O5S/c1-2-35-24-15-18(25(37)32-20-10-12-22(13-11-20)41(39,40)34-21-8-9-21)5-14-23(24)33-26(35)27(38,28(29,30)31)19-6-3-17(16-36)4-7-19/h3-7,10-15,21,34,36,38H,2,8-9,16H2,1H3,(H,32,37). The molecule has 0 spiro atoms. The van der Waals surface area contributed by atoms with Crippen molar-refractivity contribution in [1.82, 2.24) is 14.3 Å². The monoisotopic (exact) mass is 588 g/mol. The molecule has 0 aliphatic heterocycles. The van der Waals surface area contributed by atoms with Gasteiger partial charge in [0, 0.05) is 29.4 Å². The summed E-state index contributed by atoms with van der Waals surface area (Å²) in [6, 6.07) is 14.5. The number of sulfonamides is 1. The summed E-state index contributed by atoms with van der Waals surface area (Å²) < 4.78 is 71.9. The number of fused-ring (bicyclic) bond motifs is 1. The van der Waals surface area contributed by atoms with Gasteiger partial charge in [-0.15, -0.1) is 0 Å². The minimum atomic E-state index is -5.14. The molecule has 1 aromatic heterocycles. The van der Waals surface area contributed by atoms with E-state index in [0.29, 0.717) is 11.3 Å². The number of carbonyl (C=O) groups excluding carboxylic acids is 1. The summed E-state index contributed by atoms with van der Waals surface area (Å²) in [5.74, 6) is -1.23. The van der Waals surface area contributed by atoms with Gasteiger partial charge < -0.3 is 20.1 Å². The van der Waals surface area contributed by atoms with E-state index in [1.54, 1.807) is 6.92 Å². The van der Waals surface area contributed by atoms with Crippen molar-refractivity contribution >= 4 is 32.7 Å². The molecule has 3 aromatic carbocycles. The topological polar surface area (TPSA) is 134 Å².